The van der Waals surface area contributed by atoms with Crippen molar-refractivity contribution in [2.45, 2.75) is 57.4 Å². The molecule has 2 aromatic rings. The molecule has 0 saturated heterocycles. The predicted octanol–water partition coefficient (Wildman–Crippen LogP) is 4.70. The van der Waals surface area contributed by atoms with Crippen LogP contribution < -0.4 is 10.6 Å². The lowest BCUT2D eigenvalue weighted by Crippen LogP contribution is -2.59. The van der Waals surface area contributed by atoms with Crippen LogP contribution in [0.1, 0.15) is 63.0 Å². The molecular weight excluding hydrogens is 444 g/mol. The number of carbonyl (C=O) groups excluding carboxylic acids is 2. The smallest absolute Gasteiger partial charge is 0.408 e. The van der Waals surface area contributed by atoms with Gasteiger partial charge in [-0.3, -0.25) is 9.59 Å². The van der Waals surface area contributed by atoms with Gasteiger partial charge in [-0.1, -0.05) is 68.8 Å². The van der Waals surface area contributed by atoms with E-state index in [-0.39, 0.29) is 30.9 Å². The Kier molecular flexibility index (Phi) is 7.43. The van der Waals surface area contributed by atoms with Crippen molar-refractivity contribution in [3.63, 3.8) is 0 Å². The molecule has 0 bridgehead atoms. The first kappa shape index (κ1) is 24.8. The number of fused-ring (bicyclic) bond motifs is 3. The molecule has 0 spiro atoms. The molecule has 2 aromatic carbocycles. The third kappa shape index (κ3) is 4.90. The van der Waals surface area contributed by atoms with Gasteiger partial charge in [0, 0.05) is 12.5 Å². The summed E-state index contributed by atoms with van der Waals surface area (Å²) in [6.45, 7) is 3.88. The van der Waals surface area contributed by atoms with Crippen LogP contribution in [0, 0.1) is 11.8 Å². The van der Waals surface area contributed by atoms with E-state index in [0.717, 1.165) is 41.5 Å². The Balaban J connectivity index is 1.40. The first-order chi connectivity index (χ1) is 16.9. The normalized spacial score (nSPS) is 15.9. The second kappa shape index (κ2) is 10.5. The van der Waals surface area contributed by atoms with E-state index in [1.54, 1.807) is 0 Å². The quantitative estimate of drug-likeness (QED) is 0.459. The molecule has 186 valence electrons. The maximum Gasteiger partial charge on any atom is 0.408 e. The molecule has 7 heteroatoms. The summed E-state index contributed by atoms with van der Waals surface area (Å²) in [6.07, 6.45) is 2.84. The van der Waals surface area contributed by atoms with Crippen LogP contribution in [0.5, 0.6) is 0 Å². The van der Waals surface area contributed by atoms with Crippen molar-refractivity contribution in [2.75, 3.05) is 13.2 Å². The molecule has 7 nitrogen and oxygen atoms in total. The molecule has 4 rings (SSSR count). The van der Waals surface area contributed by atoms with Crippen molar-refractivity contribution >= 4 is 18.0 Å². The second-order valence-corrected chi connectivity index (χ2v) is 9.59. The van der Waals surface area contributed by atoms with Crippen molar-refractivity contribution in [1.29, 1.82) is 0 Å². The van der Waals surface area contributed by atoms with E-state index in [2.05, 4.69) is 34.9 Å². The van der Waals surface area contributed by atoms with Gasteiger partial charge in [-0.15, -0.1) is 0 Å². The van der Waals surface area contributed by atoms with E-state index < -0.39 is 23.5 Å². The van der Waals surface area contributed by atoms with E-state index in [9.17, 15) is 19.5 Å². The largest absolute Gasteiger partial charge is 0.481 e. The molecule has 3 N–H and O–H groups in total. The second-order valence-electron chi connectivity index (χ2n) is 9.59. The number of carboxylic acid groups (broad SMARTS) is 1. The van der Waals surface area contributed by atoms with Crippen molar-refractivity contribution in [1.82, 2.24) is 10.6 Å². The number of benzene rings is 2. The Bertz CT molecular complexity index is 1040. The third-order valence-corrected chi connectivity index (χ3v) is 7.85. The van der Waals surface area contributed by atoms with E-state index >= 15 is 0 Å². The molecule has 2 aliphatic rings. The van der Waals surface area contributed by atoms with Gasteiger partial charge in [0.25, 0.3) is 0 Å². The Hall–Kier alpha value is -3.35. The van der Waals surface area contributed by atoms with Crippen molar-refractivity contribution < 1.29 is 24.2 Å². The van der Waals surface area contributed by atoms with Gasteiger partial charge in [-0.05, 0) is 53.9 Å². The lowest BCUT2D eigenvalue weighted by atomic mass is 9.75. The summed E-state index contributed by atoms with van der Waals surface area (Å²) in [5.41, 5.74) is 3.37. The number of ether oxygens (including phenoxy) is 1. The monoisotopic (exact) mass is 478 g/mol. The molecule has 2 amide bonds. The van der Waals surface area contributed by atoms with Crippen LogP contribution in [-0.2, 0) is 14.3 Å². The number of hydrogen-bond acceptors (Lipinski definition) is 4. The molecule has 1 unspecified atom stereocenters. The van der Waals surface area contributed by atoms with Gasteiger partial charge in [0.2, 0.25) is 5.91 Å². The number of hydrogen-bond donors (Lipinski definition) is 3. The fourth-order valence-electron chi connectivity index (χ4n) is 5.30. The number of carbonyl (C=O) groups is 3. The first-order valence-corrected chi connectivity index (χ1v) is 12.5. The number of amides is 2. The lowest BCUT2D eigenvalue weighted by molar-refractivity contribution is -0.145. The highest BCUT2D eigenvalue weighted by Gasteiger charge is 2.39. The van der Waals surface area contributed by atoms with Gasteiger partial charge in [0.05, 0.1) is 5.92 Å². The van der Waals surface area contributed by atoms with Gasteiger partial charge in [0.1, 0.15) is 12.1 Å². The van der Waals surface area contributed by atoms with Crippen LogP contribution in [0.2, 0.25) is 0 Å². The fraction of sp³-hybridized carbons (Fsp3) is 0.464. The number of rotatable bonds is 10. The minimum absolute atomic E-state index is 0.0625. The van der Waals surface area contributed by atoms with Crippen LogP contribution in [0.4, 0.5) is 4.79 Å². The van der Waals surface area contributed by atoms with E-state index in [1.807, 2.05) is 38.1 Å². The molecular formula is C28H34N2O5. The molecule has 0 aliphatic heterocycles. The topological polar surface area (TPSA) is 105 Å². The highest BCUT2D eigenvalue weighted by molar-refractivity contribution is 5.90. The van der Waals surface area contributed by atoms with Crippen LogP contribution in [0.3, 0.4) is 0 Å². The maximum atomic E-state index is 13.1. The van der Waals surface area contributed by atoms with Crippen molar-refractivity contribution in [2.24, 2.45) is 11.8 Å². The average Bonchev–Trinajstić information content (AvgIpc) is 3.16. The summed E-state index contributed by atoms with van der Waals surface area (Å²) in [4.78, 5) is 37.7. The summed E-state index contributed by atoms with van der Waals surface area (Å²) < 4.78 is 5.65. The maximum absolute atomic E-state index is 13.1. The molecule has 2 aliphatic carbocycles. The summed E-state index contributed by atoms with van der Waals surface area (Å²) in [5, 5.41) is 15.1. The number of alkyl carbamates (subject to hydrolysis) is 1. The lowest BCUT2D eigenvalue weighted by Gasteiger charge is -2.34. The molecule has 1 saturated carbocycles. The van der Waals surface area contributed by atoms with Gasteiger partial charge in [0.15, 0.2) is 0 Å². The van der Waals surface area contributed by atoms with Crippen LogP contribution >= 0.6 is 0 Å². The summed E-state index contributed by atoms with van der Waals surface area (Å²) in [7, 11) is 0. The summed E-state index contributed by atoms with van der Waals surface area (Å²) in [6, 6.07) is 16.2. The Morgan fingerprint density at radius 1 is 1.00 bits per heavy atom. The van der Waals surface area contributed by atoms with Crippen molar-refractivity contribution in [3.8, 4) is 11.1 Å². The van der Waals surface area contributed by atoms with Crippen LogP contribution in [-0.4, -0.2) is 41.8 Å². The zero-order valence-electron chi connectivity index (χ0n) is 20.4. The molecule has 0 aromatic heterocycles. The zero-order valence-corrected chi connectivity index (χ0v) is 20.4. The predicted molar refractivity (Wildman–Crippen MR) is 133 cm³/mol. The highest BCUT2D eigenvalue weighted by atomic mass is 16.5. The average molecular weight is 479 g/mol. The van der Waals surface area contributed by atoms with E-state index in [1.165, 1.54) is 0 Å². The minimum atomic E-state index is -1.16. The van der Waals surface area contributed by atoms with Gasteiger partial charge >= 0.3 is 12.1 Å². The number of aliphatic carboxylic acids is 1. The SMILES string of the molecule is CCC(CC)(NC(=O)OCC1c2ccccc2-c2ccccc21)C(=O)NCC(C(=O)O)C1CCC1. The molecule has 0 heterocycles. The fourth-order valence-corrected chi connectivity index (χ4v) is 5.30. The minimum Gasteiger partial charge on any atom is -0.481 e. The van der Waals surface area contributed by atoms with E-state index in [0.29, 0.717) is 12.8 Å². The van der Waals surface area contributed by atoms with Gasteiger partial charge < -0.3 is 20.5 Å². The van der Waals surface area contributed by atoms with Gasteiger partial charge in [-0.2, -0.15) is 0 Å². The standard InChI is InChI=1S/C28H34N2O5/c1-3-28(4-2,26(33)29-16-23(25(31)32)18-10-9-11-18)30-27(34)35-17-24-21-14-7-5-12-19(21)20-13-6-8-15-22(20)24/h5-8,12-15,18,23-24H,3-4,9-11,16-17H2,1-2H3,(H,29,33)(H,30,34)(H,31,32). The molecule has 35 heavy (non-hydrogen) atoms. The molecule has 1 atom stereocenters. The zero-order chi connectivity index (χ0) is 25.0. The van der Waals surface area contributed by atoms with E-state index in [4.69, 9.17) is 4.74 Å². The van der Waals surface area contributed by atoms with Crippen molar-refractivity contribution in [3.05, 3.63) is 59.7 Å². The first-order valence-electron chi connectivity index (χ1n) is 12.5. The molecule has 0 radical (unpaired) electrons. The van der Waals surface area contributed by atoms with Gasteiger partial charge in [-0.25, -0.2) is 4.79 Å². The number of nitrogens with one attached hydrogen (secondary N) is 2. The molecule has 1 fully saturated rings. The van der Waals surface area contributed by atoms with Crippen LogP contribution in [0.15, 0.2) is 48.5 Å². The Labute approximate surface area is 206 Å². The summed E-state index contributed by atoms with van der Waals surface area (Å²) >= 11 is 0. The Morgan fingerprint density at radius 2 is 1.57 bits per heavy atom. The van der Waals surface area contributed by atoms with Crippen LogP contribution in [0.25, 0.3) is 11.1 Å². The summed E-state index contributed by atoms with van der Waals surface area (Å²) in [5.74, 6) is -1.84. The number of carboxylic acids is 1. The third-order valence-electron chi connectivity index (χ3n) is 7.85. The Morgan fingerprint density at radius 3 is 2.06 bits per heavy atom. The highest BCUT2D eigenvalue weighted by Crippen LogP contribution is 2.44.